The van der Waals surface area contributed by atoms with Crippen molar-refractivity contribution in [1.82, 2.24) is 4.57 Å². The Morgan fingerprint density at radius 3 is 2.54 bits per heavy atom. The molecule has 0 radical (unpaired) electrons. The summed E-state index contributed by atoms with van der Waals surface area (Å²) >= 11 is 9.58. The molecule has 6 heteroatoms. The first-order valence-corrected chi connectivity index (χ1v) is 9.42. The summed E-state index contributed by atoms with van der Waals surface area (Å²) in [5.74, 6) is 0.491. The first-order chi connectivity index (χ1) is 12.5. The van der Waals surface area contributed by atoms with Crippen LogP contribution in [0.4, 0.5) is 0 Å². The molecular formula is C20H19BrClNO3. The van der Waals surface area contributed by atoms with Gasteiger partial charge in [-0.05, 0) is 65.7 Å². The van der Waals surface area contributed by atoms with Crippen molar-refractivity contribution in [2.75, 3.05) is 13.7 Å². The number of carbonyl (C=O) groups is 1. The van der Waals surface area contributed by atoms with Crippen molar-refractivity contribution in [3.05, 3.63) is 57.2 Å². The highest BCUT2D eigenvalue weighted by Crippen LogP contribution is 2.37. The van der Waals surface area contributed by atoms with Crippen LogP contribution >= 0.6 is 27.5 Å². The highest BCUT2D eigenvalue weighted by Gasteiger charge is 2.20. The van der Waals surface area contributed by atoms with E-state index in [0.717, 1.165) is 38.1 Å². The van der Waals surface area contributed by atoms with Gasteiger partial charge in [-0.3, -0.25) is 4.79 Å². The van der Waals surface area contributed by atoms with Crippen LogP contribution in [0, 0.1) is 6.92 Å². The number of aromatic nitrogens is 1. The van der Waals surface area contributed by atoms with E-state index in [-0.39, 0.29) is 12.4 Å². The second-order valence-electron chi connectivity index (χ2n) is 5.86. The molecule has 0 saturated carbocycles. The van der Waals surface area contributed by atoms with Gasteiger partial charge in [-0.25, -0.2) is 0 Å². The lowest BCUT2D eigenvalue weighted by molar-refractivity contribution is -0.142. The van der Waals surface area contributed by atoms with E-state index in [1.807, 2.05) is 50.2 Å². The van der Waals surface area contributed by atoms with Crippen molar-refractivity contribution in [1.29, 1.82) is 0 Å². The summed E-state index contributed by atoms with van der Waals surface area (Å²) in [4.78, 5) is 12.1. The Labute approximate surface area is 165 Å². The van der Waals surface area contributed by atoms with Crippen LogP contribution in [0.5, 0.6) is 5.75 Å². The van der Waals surface area contributed by atoms with Gasteiger partial charge in [-0.15, -0.1) is 0 Å². The molecule has 4 nitrogen and oxygen atoms in total. The molecule has 0 aliphatic rings. The molecule has 2 aromatic carbocycles. The summed E-state index contributed by atoms with van der Waals surface area (Å²) in [6, 6.07) is 11.6. The van der Waals surface area contributed by atoms with E-state index in [1.165, 1.54) is 0 Å². The minimum atomic E-state index is -0.238. The molecule has 1 heterocycles. The monoisotopic (exact) mass is 435 g/mol. The second-order valence-corrected chi connectivity index (χ2v) is 7.15. The van der Waals surface area contributed by atoms with E-state index >= 15 is 0 Å². The molecular weight excluding hydrogens is 418 g/mol. The summed E-state index contributed by atoms with van der Waals surface area (Å²) in [6.45, 7) is 4.18. The minimum absolute atomic E-state index is 0.218. The maximum absolute atomic E-state index is 12.1. The zero-order chi connectivity index (χ0) is 18.8. The van der Waals surface area contributed by atoms with Crippen LogP contribution < -0.4 is 4.74 Å². The highest BCUT2D eigenvalue weighted by atomic mass is 79.9. The summed E-state index contributed by atoms with van der Waals surface area (Å²) in [6.07, 6.45) is 0.218. The zero-order valence-corrected chi connectivity index (χ0v) is 17.1. The molecule has 26 heavy (non-hydrogen) atoms. The number of hydrogen-bond donors (Lipinski definition) is 0. The van der Waals surface area contributed by atoms with Gasteiger partial charge in [-0.2, -0.15) is 0 Å². The zero-order valence-electron chi connectivity index (χ0n) is 14.8. The van der Waals surface area contributed by atoms with Crippen LogP contribution in [0.1, 0.15) is 18.2 Å². The predicted octanol–water partition coefficient (Wildman–Crippen LogP) is 5.47. The Morgan fingerprint density at radius 2 is 1.92 bits per heavy atom. The number of hydrogen-bond acceptors (Lipinski definition) is 3. The molecule has 0 atom stereocenters. The molecule has 136 valence electrons. The predicted molar refractivity (Wildman–Crippen MR) is 108 cm³/mol. The quantitative estimate of drug-likeness (QED) is 0.498. The standard InChI is InChI=1S/C20H19BrClNO3/c1-4-26-20(24)10-15-12(2)23(14-7-5-13(22)6-8-14)18-11-19(25-3)17(21)9-16(15)18/h5-9,11H,4,10H2,1-3H3. The number of nitrogens with zero attached hydrogens (tertiary/aromatic N) is 1. The van der Waals surface area contributed by atoms with Crippen molar-refractivity contribution in [2.45, 2.75) is 20.3 Å². The second kappa shape index (κ2) is 7.72. The van der Waals surface area contributed by atoms with E-state index in [4.69, 9.17) is 21.1 Å². The SMILES string of the molecule is CCOC(=O)Cc1c(C)n(-c2ccc(Cl)cc2)c2cc(OC)c(Br)cc12. The number of benzene rings is 2. The van der Waals surface area contributed by atoms with Crippen molar-refractivity contribution >= 4 is 44.4 Å². The first-order valence-electron chi connectivity index (χ1n) is 8.25. The molecule has 0 bridgehead atoms. The van der Waals surface area contributed by atoms with Crippen LogP contribution in [0.2, 0.25) is 5.02 Å². The fourth-order valence-electron chi connectivity index (χ4n) is 3.14. The van der Waals surface area contributed by atoms with E-state index in [0.29, 0.717) is 11.6 Å². The Balaban J connectivity index is 2.26. The fraction of sp³-hybridized carbons (Fsp3) is 0.250. The normalized spacial score (nSPS) is 11.0. The van der Waals surface area contributed by atoms with Crippen molar-refractivity contribution in [3.8, 4) is 11.4 Å². The van der Waals surface area contributed by atoms with Gasteiger partial charge in [0.1, 0.15) is 5.75 Å². The van der Waals surface area contributed by atoms with Gasteiger partial charge < -0.3 is 14.0 Å². The molecule has 0 aliphatic heterocycles. The Morgan fingerprint density at radius 1 is 1.23 bits per heavy atom. The molecule has 3 aromatic rings. The minimum Gasteiger partial charge on any atom is -0.495 e. The molecule has 0 fully saturated rings. The van der Waals surface area contributed by atoms with E-state index in [2.05, 4.69) is 20.5 Å². The number of fused-ring (bicyclic) bond motifs is 1. The number of halogens is 2. The number of methoxy groups -OCH3 is 1. The fourth-order valence-corrected chi connectivity index (χ4v) is 3.77. The largest absolute Gasteiger partial charge is 0.495 e. The summed E-state index contributed by atoms with van der Waals surface area (Å²) < 4.78 is 13.6. The summed E-state index contributed by atoms with van der Waals surface area (Å²) in [5, 5.41) is 1.66. The Bertz CT molecular complexity index is 964. The maximum atomic E-state index is 12.1. The van der Waals surface area contributed by atoms with Gasteiger partial charge in [0.25, 0.3) is 0 Å². The summed E-state index contributed by atoms with van der Waals surface area (Å²) in [7, 11) is 1.63. The molecule has 0 N–H and O–H groups in total. The first kappa shape index (κ1) is 18.8. The third kappa shape index (κ3) is 3.46. The van der Waals surface area contributed by atoms with Gasteiger partial charge in [0, 0.05) is 27.9 Å². The topological polar surface area (TPSA) is 40.5 Å². The van der Waals surface area contributed by atoms with E-state index < -0.39 is 0 Å². The Kier molecular flexibility index (Phi) is 5.58. The molecule has 0 unspecified atom stereocenters. The van der Waals surface area contributed by atoms with Gasteiger partial charge in [-0.1, -0.05) is 11.6 Å². The maximum Gasteiger partial charge on any atom is 0.310 e. The lowest BCUT2D eigenvalue weighted by Gasteiger charge is -2.10. The van der Waals surface area contributed by atoms with Crippen LogP contribution in [-0.2, 0) is 16.0 Å². The molecule has 0 amide bonds. The van der Waals surface area contributed by atoms with Crippen LogP contribution in [0.25, 0.3) is 16.6 Å². The molecule has 3 rings (SSSR count). The number of rotatable bonds is 5. The highest BCUT2D eigenvalue weighted by molar-refractivity contribution is 9.10. The molecule has 0 spiro atoms. The third-order valence-corrected chi connectivity index (χ3v) is 5.19. The number of ether oxygens (including phenoxy) is 2. The average Bonchev–Trinajstić information content (AvgIpc) is 2.87. The lowest BCUT2D eigenvalue weighted by atomic mass is 10.1. The lowest BCUT2D eigenvalue weighted by Crippen LogP contribution is -2.08. The Hall–Kier alpha value is -1.98. The van der Waals surface area contributed by atoms with Crippen molar-refractivity contribution in [3.63, 3.8) is 0 Å². The molecule has 1 aromatic heterocycles. The van der Waals surface area contributed by atoms with Gasteiger partial charge in [0.05, 0.1) is 30.1 Å². The van der Waals surface area contributed by atoms with E-state index in [9.17, 15) is 4.79 Å². The van der Waals surface area contributed by atoms with Crippen molar-refractivity contribution in [2.24, 2.45) is 0 Å². The van der Waals surface area contributed by atoms with Crippen LogP contribution in [0.15, 0.2) is 40.9 Å². The third-order valence-electron chi connectivity index (χ3n) is 4.32. The van der Waals surface area contributed by atoms with Gasteiger partial charge in [0.2, 0.25) is 0 Å². The number of carbonyl (C=O) groups excluding carboxylic acids is 1. The smallest absolute Gasteiger partial charge is 0.310 e. The van der Waals surface area contributed by atoms with Crippen LogP contribution in [0.3, 0.4) is 0 Å². The van der Waals surface area contributed by atoms with Gasteiger partial charge in [0.15, 0.2) is 0 Å². The molecule has 0 saturated heterocycles. The molecule has 0 aliphatic carbocycles. The van der Waals surface area contributed by atoms with E-state index in [1.54, 1.807) is 7.11 Å². The van der Waals surface area contributed by atoms with Crippen LogP contribution in [-0.4, -0.2) is 24.3 Å². The number of esters is 1. The van der Waals surface area contributed by atoms with Gasteiger partial charge >= 0.3 is 5.97 Å². The average molecular weight is 437 g/mol. The van der Waals surface area contributed by atoms with Crippen molar-refractivity contribution < 1.29 is 14.3 Å². The summed E-state index contributed by atoms with van der Waals surface area (Å²) in [5.41, 5.74) is 3.85.